The molecule has 22 heavy (non-hydrogen) atoms. The van der Waals surface area contributed by atoms with Crippen molar-refractivity contribution in [1.82, 2.24) is 10.3 Å². The lowest BCUT2D eigenvalue weighted by Crippen LogP contribution is -2.38. The molecule has 1 heterocycles. The third-order valence-electron chi connectivity index (χ3n) is 4.25. The molecule has 0 saturated heterocycles. The highest BCUT2D eigenvalue weighted by Crippen LogP contribution is 2.38. The molecule has 3 N–H and O–H groups in total. The van der Waals surface area contributed by atoms with E-state index in [1.807, 2.05) is 5.38 Å². The predicted octanol–water partition coefficient (Wildman–Crippen LogP) is 3.46. The van der Waals surface area contributed by atoms with Gasteiger partial charge in [-0.25, -0.2) is 4.98 Å². The largest absolute Gasteiger partial charge is 0.350 e. The van der Waals surface area contributed by atoms with Crippen molar-refractivity contribution in [3.05, 3.63) is 16.1 Å². The van der Waals surface area contributed by atoms with Gasteiger partial charge in [-0.1, -0.05) is 26.2 Å². The summed E-state index contributed by atoms with van der Waals surface area (Å²) in [6, 6.07) is 0. The summed E-state index contributed by atoms with van der Waals surface area (Å²) in [7, 11) is 0. The summed E-state index contributed by atoms with van der Waals surface area (Å²) < 4.78 is 0. The van der Waals surface area contributed by atoms with E-state index in [9.17, 15) is 4.79 Å². The molecular weight excluding hydrogens is 341 g/mol. The van der Waals surface area contributed by atoms with Gasteiger partial charge in [-0.2, -0.15) is 0 Å². The number of nitrogens with one attached hydrogen (secondary N) is 1. The molecule has 1 aliphatic carbocycles. The maximum Gasteiger partial charge on any atom is 0.220 e. The second-order valence-electron chi connectivity index (χ2n) is 5.80. The zero-order valence-corrected chi connectivity index (χ0v) is 15.5. The number of carbonyl (C=O) groups is 1. The van der Waals surface area contributed by atoms with Crippen molar-refractivity contribution in [2.75, 3.05) is 6.54 Å². The first-order valence-electron chi connectivity index (χ1n) is 7.57. The molecule has 2 rings (SSSR count). The lowest BCUT2D eigenvalue weighted by Gasteiger charge is -2.35. The van der Waals surface area contributed by atoms with Crippen LogP contribution in [0.1, 0.15) is 56.2 Å². The molecule has 4 nitrogen and oxygen atoms in total. The highest BCUT2D eigenvalue weighted by molar-refractivity contribution is 7.09. The first kappa shape index (κ1) is 21.6. The number of thiazole rings is 1. The second-order valence-corrected chi connectivity index (χ2v) is 6.75. The van der Waals surface area contributed by atoms with Crippen molar-refractivity contribution in [2.45, 2.75) is 58.4 Å². The van der Waals surface area contributed by atoms with Crippen LogP contribution in [-0.2, 0) is 17.8 Å². The highest BCUT2D eigenvalue weighted by atomic mass is 35.5. The van der Waals surface area contributed by atoms with Gasteiger partial charge in [-0.15, -0.1) is 36.2 Å². The summed E-state index contributed by atoms with van der Waals surface area (Å²) >= 11 is 1.66. The summed E-state index contributed by atoms with van der Waals surface area (Å²) in [6.07, 6.45) is 7.39. The molecule has 0 radical (unpaired) electrons. The van der Waals surface area contributed by atoms with Crippen LogP contribution in [0.4, 0.5) is 0 Å². The molecule has 1 saturated carbocycles. The van der Waals surface area contributed by atoms with Crippen molar-refractivity contribution in [3.8, 4) is 0 Å². The summed E-state index contributed by atoms with van der Waals surface area (Å²) in [5, 5.41) is 6.14. The maximum absolute atomic E-state index is 12.1. The zero-order valence-electron chi connectivity index (χ0n) is 13.1. The van der Waals surface area contributed by atoms with Crippen LogP contribution in [0.25, 0.3) is 0 Å². The molecule has 7 heteroatoms. The zero-order chi connectivity index (χ0) is 14.4. The molecule has 1 aliphatic rings. The van der Waals surface area contributed by atoms with Crippen molar-refractivity contribution >= 4 is 42.1 Å². The molecular formula is C15H27Cl2N3OS. The summed E-state index contributed by atoms with van der Waals surface area (Å²) in [5.74, 6) is 0.114. The van der Waals surface area contributed by atoms with Crippen LogP contribution in [0.5, 0.6) is 0 Å². The van der Waals surface area contributed by atoms with Crippen molar-refractivity contribution in [2.24, 2.45) is 11.1 Å². The maximum atomic E-state index is 12.1. The number of hydrogen-bond donors (Lipinski definition) is 2. The van der Waals surface area contributed by atoms with Gasteiger partial charge in [0.05, 0.1) is 17.2 Å². The van der Waals surface area contributed by atoms with Gasteiger partial charge in [0.25, 0.3) is 0 Å². The van der Waals surface area contributed by atoms with Crippen LogP contribution in [0.3, 0.4) is 0 Å². The Morgan fingerprint density at radius 1 is 1.36 bits per heavy atom. The Balaban J connectivity index is 0.00000220. The van der Waals surface area contributed by atoms with E-state index in [2.05, 4.69) is 17.2 Å². The Kier molecular flexibility index (Phi) is 10.3. The van der Waals surface area contributed by atoms with E-state index < -0.39 is 0 Å². The minimum absolute atomic E-state index is 0. The van der Waals surface area contributed by atoms with Gasteiger partial charge < -0.3 is 11.1 Å². The summed E-state index contributed by atoms with van der Waals surface area (Å²) in [6.45, 7) is 3.25. The number of aromatic nitrogens is 1. The fourth-order valence-corrected chi connectivity index (χ4v) is 3.68. The molecule has 0 atom stereocenters. The van der Waals surface area contributed by atoms with Gasteiger partial charge in [0.2, 0.25) is 5.91 Å². The topological polar surface area (TPSA) is 68.0 Å². The summed E-state index contributed by atoms with van der Waals surface area (Å²) in [5.41, 5.74) is 6.93. The minimum Gasteiger partial charge on any atom is -0.350 e. The molecule has 0 bridgehead atoms. The number of rotatable bonds is 6. The molecule has 1 aromatic heterocycles. The molecule has 1 amide bonds. The third-order valence-corrected chi connectivity index (χ3v) is 5.29. The van der Waals surface area contributed by atoms with Gasteiger partial charge in [-0.3, -0.25) is 4.79 Å². The number of nitrogens with two attached hydrogens (primary N) is 1. The normalized spacial score (nSPS) is 16.3. The van der Waals surface area contributed by atoms with Gasteiger partial charge in [-0.05, 0) is 31.2 Å². The van der Waals surface area contributed by atoms with Crippen LogP contribution in [-0.4, -0.2) is 17.4 Å². The van der Waals surface area contributed by atoms with Crippen LogP contribution in [0.2, 0.25) is 0 Å². The highest BCUT2D eigenvalue weighted by Gasteiger charge is 2.32. The van der Waals surface area contributed by atoms with E-state index in [1.54, 1.807) is 11.3 Å². The van der Waals surface area contributed by atoms with E-state index in [4.69, 9.17) is 5.73 Å². The van der Waals surface area contributed by atoms with E-state index in [1.165, 1.54) is 19.3 Å². The standard InChI is InChI=1S/C15H25N3OS.2ClH/c1-2-14-18-12(10-20-14)9-17-13(19)8-15(11-16)6-4-3-5-7-15;;/h10H,2-9,11,16H2,1H3,(H,17,19);2*1H. The molecule has 0 spiro atoms. The lowest BCUT2D eigenvalue weighted by molar-refractivity contribution is -0.124. The Bertz CT molecular complexity index is 448. The minimum atomic E-state index is 0. The van der Waals surface area contributed by atoms with Gasteiger partial charge in [0, 0.05) is 11.8 Å². The SMILES string of the molecule is CCc1nc(CNC(=O)CC2(CN)CCCCC2)cs1.Cl.Cl. The monoisotopic (exact) mass is 367 g/mol. The average molecular weight is 368 g/mol. The Morgan fingerprint density at radius 2 is 2.05 bits per heavy atom. The molecule has 0 unspecified atom stereocenters. The fraction of sp³-hybridized carbons (Fsp3) is 0.733. The molecule has 1 fully saturated rings. The predicted molar refractivity (Wildman–Crippen MR) is 97.0 cm³/mol. The number of halogens is 2. The average Bonchev–Trinajstić information content (AvgIpc) is 2.94. The third kappa shape index (κ3) is 6.03. The van der Waals surface area contributed by atoms with Crippen molar-refractivity contribution < 1.29 is 4.79 Å². The molecule has 1 aromatic rings. The number of hydrogen-bond acceptors (Lipinski definition) is 4. The van der Waals surface area contributed by atoms with Crippen molar-refractivity contribution in [3.63, 3.8) is 0 Å². The van der Waals surface area contributed by atoms with E-state index in [0.29, 0.717) is 19.5 Å². The Morgan fingerprint density at radius 3 is 2.59 bits per heavy atom. The van der Waals surface area contributed by atoms with Crippen LogP contribution in [0.15, 0.2) is 5.38 Å². The number of aryl methyl sites for hydroxylation is 1. The van der Waals surface area contributed by atoms with E-state index in [-0.39, 0.29) is 36.1 Å². The number of amides is 1. The number of carbonyl (C=O) groups excluding carboxylic acids is 1. The van der Waals surface area contributed by atoms with E-state index >= 15 is 0 Å². The van der Waals surface area contributed by atoms with Crippen LogP contribution in [0, 0.1) is 5.41 Å². The van der Waals surface area contributed by atoms with Gasteiger partial charge in [0.1, 0.15) is 0 Å². The van der Waals surface area contributed by atoms with Crippen LogP contribution >= 0.6 is 36.2 Å². The van der Waals surface area contributed by atoms with Gasteiger partial charge >= 0.3 is 0 Å². The quantitative estimate of drug-likeness (QED) is 0.808. The first-order chi connectivity index (χ1) is 9.67. The van der Waals surface area contributed by atoms with E-state index in [0.717, 1.165) is 30.0 Å². The number of nitrogens with zero attached hydrogens (tertiary/aromatic N) is 1. The summed E-state index contributed by atoms with van der Waals surface area (Å²) in [4.78, 5) is 16.6. The van der Waals surface area contributed by atoms with Gasteiger partial charge in [0.15, 0.2) is 0 Å². The van der Waals surface area contributed by atoms with Crippen molar-refractivity contribution in [1.29, 1.82) is 0 Å². The van der Waals surface area contributed by atoms with Crippen LogP contribution < -0.4 is 11.1 Å². The fourth-order valence-electron chi connectivity index (χ4n) is 2.94. The molecule has 0 aliphatic heterocycles. The first-order valence-corrected chi connectivity index (χ1v) is 8.45. The molecule has 128 valence electrons. The Labute approximate surface area is 149 Å². The second kappa shape index (κ2) is 10.4. The molecule has 0 aromatic carbocycles. The smallest absolute Gasteiger partial charge is 0.220 e. The Hall–Kier alpha value is -0.360. The lowest BCUT2D eigenvalue weighted by atomic mass is 9.71.